The Kier molecular flexibility index (Phi) is 10.5. The Hall–Kier alpha value is -3.89. The van der Waals surface area contributed by atoms with E-state index in [-0.39, 0.29) is 23.9 Å². The largest absolute Gasteiger partial charge is 0.495 e. The smallest absolute Gasteiger partial charge is 0.421 e. The summed E-state index contributed by atoms with van der Waals surface area (Å²) in [4.78, 5) is 25.0. The van der Waals surface area contributed by atoms with E-state index >= 15 is 0 Å². The van der Waals surface area contributed by atoms with E-state index in [1.807, 2.05) is 22.0 Å². The third-order valence-electron chi connectivity index (χ3n) is 5.98. The Morgan fingerprint density at radius 1 is 1.14 bits per heavy atom. The van der Waals surface area contributed by atoms with E-state index in [4.69, 9.17) is 9.84 Å². The first-order chi connectivity index (χ1) is 20.5. The molecule has 0 saturated heterocycles. The van der Waals surface area contributed by atoms with E-state index in [0.717, 1.165) is 5.56 Å². The fraction of sp³-hybridized carbons (Fsp3) is 0.269. The fourth-order valence-electron chi connectivity index (χ4n) is 3.94. The summed E-state index contributed by atoms with van der Waals surface area (Å²) < 4.78 is 60.5. The number of ether oxygens (including phenoxy) is 1. The Morgan fingerprint density at radius 2 is 1.91 bits per heavy atom. The molecule has 0 radical (unpaired) electrons. The zero-order valence-corrected chi connectivity index (χ0v) is 25.9. The average molecular weight is 729 g/mol. The summed E-state index contributed by atoms with van der Waals surface area (Å²) in [5.41, 5.74) is -0.761. The third kappa shape index (κ3) is 8.14. The molecule has 0 fully saturated rings. The van der Waals surface area contributed by atoms with Crippen LogP contribution in [-0.2, 0) is 23.4 Å². The molecule has 1 amide bonds. The van der Waals surface area contributed by atoms with Gasteiger partial charge in [-0.1, -0.05) is 10.6 Å². The zero-order chi connectivity index (χ0) is 31.1. The minimum Gasteiger partial charge on any atom is -0.495 e. The standard InChI is InChI=1S/C26H25F3IN8O4P/c1-31-24(40)22-20(7-6-18(34-22)16-11-33-38(13-16)8-3-9-39)35-23-17(26(27,28)29)12-32-25(37-23)36-19-5-4-15(14-43(30)41)10-21(19)42-2/h4-7,10-13,39H,3,8-9,14H2,1-2H3,(H2-,31,32,35,36,37,40)/p+1. The molecule has 4 aromatic rings. The van der Waals surface area contributed by atoms with Crippen LogP contribution in [0.3, 0.4) is 0 Å². The van der Waals surface area contributed by atoms with Gasteiger partial charge in [0.1, 0.15) is 17.1 Å². The molecular weight excluding hydrogens is 703 g/mol. The number of methoxy groups -OCH3 is 1. The van der Waals surface area contributed by atoms with Crippen LogP contribution >= 0.6 is 27.5 Å². The van der Waals surface area contributed by atoms with Crippen LogP contribution in [-0.4, -0.2) is 56.5 Å². The molecule has 4 N–H and O–H groups in total. The summed E-state index contributed by atoms with van der Waals surface area (Å²) in [5.74, 6) is -1.08. The second-order valence-corrected chi connectivity index (χ2v) is 13.1. The Morgan fingerprint density at radius 3 is 2.58 bits per heavy atom. The number of aliphatic hydroxyl groups excluding tert-OH is 1. The van der Waals surface area contributed by atoms with E-state index in [1.165, 1.54) is 32.5 Å². The highest BCUT2D eigenvalue weighted by molar-refractivity contribution is 14.2. The maximum atomic E-state index is 14.0. The van der Waals surface area contributed by atoms with Crippen molar-refractivity contribution in [2.45, 2.75) is 25.3 Å². The lowest BCUT2D eigenvalue weighted by atomic mass is 10.1. The summed E-state index contributed by atoms with van der Waals surface area (Å²) in [5, 5.41) is 21.2. The van der Waals surface area contributed by atoms with E-state index < -0.39 is 28.9 Å². The predicted molar refractivity (Wildman–Crippen MR) is 162 cm³/mol. The Bertz CT molecular complexity index is 1640. The number of hydrogen-bond acceptors (Lipinski definition) is 10. The molecule has 4 rings (SSSR count). The number of nitrogens with zero attached hydrogens (tertiary/aromatic N) is 5. The number of benzene rings is 1. The molecule has 17 heteroatoms. The van der Waals surface area contributed by atoms with Gasteiger partial charge in [0.25, 0.3) is 27.9 Å². The SMILES string of the molecule is CNC(=O)c1nc(-c2cnn(CCCO)c2)ccc1Nc1nc(Nc2ccc(C[P+](=O)I)cc2OC)ncc1C(F)(F)F. The first-order valence-electron chi connectivity index (χ1n) is 12.6. The van der Waals surface area contributed by atoms with Crippen LogP contribution in [0.5, 0.6) is 5.75 Å². The number of rotatable bonds is 12. The first-order valence-corrected chi connectivity index (χ1v) is 16.9. The van der Waals surface area contributed by atoms with Gasteiger partial charge in [-0.2, -0.15) is 23.3 Å². The quantitative estimate of drug-likeness (QED) is 0.106. The molecule has 12 nitrogen and oxygen atoms in total. The molecule has 226 valence electrons. The number of nitrogens with one attached hydrogen (secondary N) is 3. The molecule has 1 unspecified atom stereocenters. The second kappa shape index (κ2) is 14.1. The normalized spacial score (nSPS) is 11.7. The topological polar surface area (TPSA) is 156 Å². The first kappa shape index (κ1) is 32.0. The number of aromatic nitrogens is 5. The van der Waals surface area contributed by atoms with Gasteiger partial charge < -0.3 is 25.8 Å². The van der Waals surface area contributed by atoms with Gasteiger partial charge in [0, 0.05) is 43.7 Å². The minimum atomic E-state index is -4.82. The van der Waals surface area contributed by atoms with E-state index in [9.17, 15) is 22.5 Å². The van der Waals surface area contributed by atoms with Gasteiger partial charge in [-0.05, 0) is 30.7 Å². The van der Waals surface area contributed by atoms with Gasteiger partial charge in [-0.3, -0.25) is 9.48 Å². The number of halogens is 4. The molecule has 3 aromatic heterocycles. The highest BCUT2D eigenvalue weighted by atomic mass is 127. The number of aliphatic hydroxyl groups is 1. The number of carbonyl (C=O) groups is 1. The van der Waals surface area contributed by atoms with E-state index in [1.54, 1.807) is 29.1 Å². The number of alkyl halides is 3. The van der Waals surface area contributed by atoms with Gasteiger partial charge in [0.2, 0.25) is 5.95 Å². The summed E-state index contributed by atoms with van der Waals surface area (Å²) in [6.07, 6.45) is -0.151. The maximum absolute atomic E-state index is 14.0. The highest BCUT2D eigenvalue weighted by Crippen LogP contribution is 2.39. The van der Waals surface area contributed by atoms with Crippen molar-refractivity contribution in [2.75, 3.05) is 31.4 Å². The molecule has 0 aliphatic rings. The molecule has 0 aliphatic heterocycles. The number of aryl methyl sites for hydroxylation is 1. The second-order valence-electron chi connectivity index (χ2n) is 8.96. The van der Waals surface area contributed by atoms with Crippen molar-refractivity contribution in [1.82, 2.24) is 30.0 Å². The van der Waals surface area contributed by atoms with Crippen molar-refractivity contribution in [1.29, 1.82) is 0 Å². The van der Waals surface area contributed by atoms with Crippen molar-refractivity contribution in [3.63, 3.8) is 0 Å². The van der Waals surface area contributed by atoms with Crippen LogP contribution < -0.4 is 20.7 Å². The summed E-state index contributed by atoms with van der Waals surface area (Å²) >= 11 is 1.83. The molecule has 1 aromatic carbocycles. The van der Waals surface area contributed by atoms with Crippen LogP contribution in [0, 0.1) is 0 Å². The van der Waals surface area contributed by atoms with Gasteiger partial charge >= 0.3 is 11.6 Å². The number of pyridine rings is 1. The van der Waals surface area contributed by atoms with E-state index in [2.05, 4.69) is 36.0 Å². The van der Waals surface area contributed by atoms with Gasteiger partial charge in [-0.15, -0.1) is 0 Å². The molecule has 0 saturated carbocycles. The Labute approximate surface area is 257 Å². The lowest BCUT2D eigenvalue weighted by Crippen LogP contribution is -2.21. The number of hydrogen-bond donors (Lipinski definition) is 4. The average Bonchev–Trinajstić information content (AvgIpc) is 3.45. The molecule has 1 atom stereocenters. The fourth-order valence-corrected chi connectivity index (χ4v) is 5.60. The third-order valence-corrected chi connectivity index (χ3v) is 7.62. The highest BCUT2D eigenvalue weighted by Gasteiger charge is 2.36. The molecule has 3 heterocycles. The summed E-state index contributed by atoms with van der Waals surface area (Å²) in [6.45, 7) is 0.468. The summed E-state index contributed by atoms with van der Waals surface area (Å²) in [7, 11) is 2.80. The van der Waals surface area contributed by atoms with Crippen molar-refractivity contribution in [2.24, 2.45) is 0 Å². The van der Waals surface area contributed by atoms with Crippen molar-refractivity contribution in [3.8, 4) is 17.0 Å². The van der Waals surface area contributed by atoms with E-state index in [0.29, 0.717) is 48.0 Å². The number of carbonyl (C=O) groups excluding carboxylic acids is 1. The lowest BCUT2D eigenvalue weighted by molar-refractivity contribution is -0.137. The number of anilines is 4. The monoisotopic (exact) mass is 729 g/mol. The molecule has 0 spiro atoms. The summed E-state index contributed by atoms with van der Waals surface area (Å²) in [6, 6.07) is 7.95. The minimum absolute atomic E-state index is 0.00310. The molecule has 0 aliphatic carbocycles. The number of amides is 1. The van der Waals surface area contributed by atoms with Gasteiger partial charge in [0.15, 0.2) is 11.9 Å². The van der Waals surface area contributed by atoms with Crippen LogP contribution in [0.1, 0.15) is 28.0 Å². The molecule has 43 heavy (non-hydrogen) atoms. The molecule has 0 bridgehead atoms. The molecular formula is C26H26F3IN8O4P+. The maximum Gasteiger partial charge on any atom is 0.421 e. The van der Waals surface area contributed by atoms with Gasteiger partial charge in [-0.25, -0.2) is 9.97 Å². The van der Waals surface area contributed by atoms with Crippen molar-refractivity contribution in [3.05, 3.63) is 65.7 Å². The van der Waals surface area contributed by atoms with Crippen molar-refractivity contribution >= 4 is 56.5 Å². The van der Waals surface area contributed by atoms with Gasteiger partial charge in [0.05, 0.1) is 30.4 Å². The van der Waals surface area contributed by atoms with Crippen LogP contribution in [0.2, 0.25) is 0 Å². The lowest BCUT2D eigenvalue weighted by Gasteiger charge is -2.17. The Balaban J connectivity index is 1.69. The predicted octanol–water partition coefficient (Wildman–Crippen LogP) is 5.67. The zero-order valence-electron chi connectivity index (χ0n) is 22.8. The van der Waals surface area contributed by atoms with Crippen LogP contribution in [0.15, 0.2) is 48.9 Å². The van der Waals surface area contributed by atoms with Crippen molar-refractivity contribution < 1.29 is 32.4 Å². The van der Waals surface area contributed by atoms with Crippen LogP contribution in [0.25, 0.3) is 11.3 Å². The van der Waals surface area contributed by atoms with Crippen LogP contribution in [0.4, 0.5) is 36.3 Å².